The number of carbonyl (C=O) groups excluding carboxylic acids is 2. The number of likely N-dealkylation sites (N-methyl/N-ethyl adjacent to an activating group) is 1. The van der Waals surface area contributed by atoms with Gasteiger partial charge in [-0.15, -0.1) is 11.3 Å². The van der Waals surface area contributed by atoms with E-state index in [0.717, 1.165) is 11.1 Å². The van der Waals surface area contributed by atoms with Crippen LogP contribution < -0.4 is 0 Å². The molecule has 0 unspecified atom stereocenters. The van der Waals surface area contributed by atoms with Crippen LogP contribution in [0.1, 0.15) is 28.5 Å². The Morgan fingerprint density at radius 2 is 1.93 bits per heavy atom. The number of esters is 1. The molecule has 0 N–H and O–H groups in total. The molecular weight excluding hydrogens is 391 g/mol. The molecular formula is C22H21FN2O3S. The Hall–Kier alpha value is -3.06. The van der Waals surface area contributed by atoms with Gasteiger partial charge in [-0.25, -0.2) is 14.2 Å². The fourth-order valence-corrected chi connectivity index (χ4v) is 3.56. The molecule has 150 valence electrons. The highest BCUT2D eigenvalue weighted by atomic mass is 32.1. The highest BCUT2D eigenvalue weighted by Gasteiger charge is 2.24. The second-order valence-corrected chi connectivity index (χ2v) is 7.63. The number of hydrogen-bond acceptors (Lipinski definition) is 5. The number of nitrogens with zero attached hydrogens (tertiary/aromatic N) is 2. The van der Waals surface area contributed by atoms with Gasteiger partial charge in [0.2, 0.25) is 0 Å². The van der Waals surface area contributed by atoms with Crippen LogP contribution in [0.15, 0.2) is 53.9 Å². The molecule has 7 heteroatoms. The van der Waals surface area contributed by atoms with Gasteiger partial charge in [0.25, 0.3) is 5.91 Å². The number of ether oxygens (including phenoxy) is 1. The van der Waals surface area contributed by atoms with E-state index in [2.05, 4.69) is 4.98 Å². The second kappa shape index (κ2) is 8.96. The monoisotopic (exact) mass is 412 g/mol. The van der Waals surface area contributed by atoms with Crippen molar-refractivity contribution >= 4 is 23.2 Å². The van der Waals surface area contributed by atoms with Crippen molar-refractivity contribution in [3.05, 3.63) is 76.5 Å². The van der Waals surface area contributed by atoms with Gasteiger partial charge in [-0.1, -0.05) is 42.0 Å². The standard InChI is InChI=1S/C22H21FN2O3S/c1-14-7-9-17(10-8-14)20-24-19(13-29-20)22(27)28-15(2)21(26)25(3)12-16-5-4-6-18(23)11-16/h4-11,13,15H,12H2,1-3H3/t15-/m0/s1. The second-order valence-electron chi connectivity index (χ2n) is 6.78. The van der Waals surface area contributed by atoms with E-state index in [-0.39, 0.29) is 24.0 Å². The molecule has 0 saturated carbocycles. The molecule has 0 fully saturated rings. The van der Waals surface area contributed by atoms with Crippen molar-refractivity contribution in [3.8, 4) is 10.6 Å². The molecule has 5 nitrogen and oxygen atoms in total. The molecule has 0 spiro atoms. The van der Waals surface area contributed by atoms with Crippen molar-refractivity contribution in [2.45, 2.75) is 26.5 Å². The largest absolute Gasteiger partial charge is 0.448 e. The van der Waals surface area contributed by atoms with Gasteiger partial charge in [-0.2, -0.15) is 0 Å². The third kappa shape index (κ3) is 5.26. The van der Waals surface area contributed by atoms with Crippen LogP contribution in [0, 0.1) is 12.7 Å². The highest BCUT2D eigenvalue weighted by molar-refractivity contribution is 7.13. The van der Waals surface area contributed by atoms with Crippen molar-refractivity contribution in [1.82, 2.24) is 9.88 Å². The molecule has 0 aliphatic rings. The van der Waals surface area contributed by atoms with Crippen LogP contribution in [0.5, 0.6) is 0 Å². The van der Waals surface area contributed by atoms with Crippen molar-refractivity contribution < 1.29 is 18.7 Å². The minimum absolute atomic E-state index is 0.165. The summed E-state index contributed by atoms with van der Waals surface area (Å²) in [4.78, 5) is 30.6. The third-order valence-corrected chi connectivity index (χ3v) is 5.22. The Labute approximate surface area is 172 Å². The minimum Gasteiger partial charge on any atom is -0.448 e. The van der Waals surface area contributed by atoms with Crippen LogP contribution in [-0.2, 0) is 16.1 Å². The van der Waals surface area contributed by atoms with Gasteiger partial charge in [0, 0.05) is 24.5 Å². The van der Waals surface area contributed by atoms with Crippen molar-refractivity contribution in [3.63, 3.8) is 0 Å². The van der Waals surface area contributed by atoms with Gasteiger partial charge in [0.15, 0.2) is 11.8 Å². The molecule has 0 bridgehead atoms. The first-order chi connectivity index (χ1) is 13.8. The summed E-state index contributed by atoms with van der Waals surface area (Å²) in [7, 11) is 1.58. The van der Waals surface area contributed by atoms with Gasteiger partial charge >= 0.3 is 5.97 Å². The normalized spacial score (nSPS) is 11.7. The fraction of sp³-hybridized carbons (Fsp3) is 0.227. The number of thiazole rings is 1. The lowest BCUT2D eigenvalue weighted by Crippen LogP contribution is -2.37. The van der Waals surface area contributed by atoms with E-state index in [9.17, 15) is 14.0 Å². The van der Waals surface area contributed by atoms with Crippen LogP contribution >= 0.6 is 11.3 Å². The Kier molecular flexibility index (Phi) is 6.39. The summed E-state index contributed by atoms with van der Waals surface area (Å²) in [6, 6.07) is 13.9. The van der Waals surface area contributed by atoms with E-state index < -0.39 is 12.1 Å². The van der Waals surface area contributed by atoms with Crippen LogP contribution in [0.25, 0.3) is 10.6 Å². The van der Waals surface area contributed by atoms with Gasteiger partial charge in [-0.05, 0) is 31.5 Å². The van der Waals surface area contributed by atoms with E-state index in [4.69, 9.17) is 4.74 Å². The molecule has 0 saturated heterocycles. The number of aromatic nitrogens is 1. The Morgan fingerprint density at radius 1 is 1.21 bits per heavy atom. The first-order valence-electron chi connectivity index (χ1n) is 9.06. The van der Waals surface area contributed by atoms with Crippen LogP contribution in [0.4, 0.5) is 4.39 Å². The molecule has 0 aliphatic carbocycles. The summed E-state index contributed by atoms with van der Waals surface area (Å²) in [5.41, 5.74) is 2.87. The smallest absolute Gasteiger partial charge is 0.358 e. The Bertz CT molecular complexity index is 1020. The average Bonchev–Trinajstić information content (AvgIpc) is 3.18. The van der Waals surface area contributed by atoms with Gasteiger partial charge in [-0.3, -0.25) is 4.79 Å². The number of amides is 1. The summed E-state index contributed by atoms with van der Waals surface area (Å²) in [6.45, 7) is 3.72. The SMILES string of the molecule is Cc1ccc(-c2nc(C(=O)O[C@@H](C)C(=O)N(C)Cc3cccc(F)c3)cs2)cc1. The van der Waals surface area contributed by atoms with Gasteiger partial charge < -0.3 is 9.64 Å². The summed E-state index contributed by atoms with van der Waals surface area (Å²) in [5, 5.41) is 2.32. The van der Waals surface area contributed by atoms with E-state index in [0.29, 0.717) is 10.6 Å². The fourth-order valence-electron chi connectivity index (χ4n) is 2.77. The van der Waals surface area contributed by atoms with E-state index in [1.54, 1.807) is 24.6 Å². The predicted octanol–water partition coefficient (Wildman–Crippen LogP) is 4.46. The summed E-state index contributed by atoms with van der Waals surface area (Å²) in [5.74, 6) is -1.40. The Balaban J connectivity index is 1.61. The van der Waals surface area contributed by atoms with Crippen LogP contribution in [0.3, 0.4) is 0 Å². The lowest BCUT2D eigenvalue weighted by Gasteiger charge is -2.21. The quantitative estimate of drug-likeness (QED) is 0.561. The topological polar surface area (TPSA) is 59.5 Å². The lowest BCUT2D eigenvalue weighted by atomic mass is 10.2. The molecule has 29 heavy (non-hydrogen) atoms. The number of carbonyl (C=O) groups is 2. The first-order valence-corrected chi connectivity index (χ1v) is 9.94. The maximum absolute atomic E-state index is 13.3. The molecule has 1 amide bonds. The molecule has 3 rings (SSSR count). The van der Waals surface area contributed by atoms with Crippen molar-refractivity contribution in [2.75, 3.05) is 7.05 Å². The minimum atomic E-state index is -0.981. The molecule has 2 aromatic carbocycles. The molecule has 1 atom stereocenters. The molecule has 0 aliphatic heterocycles. The van der Waals surface area contributed by atoms with E-state index >= 15 is 0 Å². The summed E-state index contributed by atoms with van der Waals surface area (Å²) < 4.78 is 18.6. The van der Waals surface area contributed by atoms with Crippen molar-refractivity contribution in [1.29, 1.82) is 0 Å². The van der Waals surface area contributed by atoms with Crippen molar-refractivity contribution in [2.24, 2.45) is 0 Å². The zero-order valence-corrected chi connectivity index (χ0v) is 17.2. The van der Waals surface area contributed by atoms with Crippen LogP contribution in [-0.4, -0.2) is 34.9 Å². The summed E-state index contributed by atoms with van der Waals surface area (Å²) in [6.07, 6.45) is -0.981. The number of halogens is 1. The lowest BCUT2D eigenvalue weighted by molar-refractivity contribution is -0.139. The molecule has 1 heterocycles. The third-order valence-electron chi connectivity index (χ3n) is 4.33. The van der Waals surface area contributed by atoms with E-state index in [1.807, 2.05) is 31.2 Å². The zero-order chi connectivity index (χ0) is 21.0. The highest BCUT2D eigenvalue weighted by Crippen LogP contribution is 2.24. The number of hydrogen-bond donors (Lipinski definition) is 0. The molecule has 1 aromatic heterocycles. The number of aryl methyl sites for hydroxylation is 1. The maximum Gasteiger partial charge on any atom is 0.358 e. The van der Waals surface area contributed by atoms with Crippen LogP contribution in [0.2, 0.25) is 0 Å². The summed E-state index contributed by atoms with van der Waals surface area (Å²) >= 11 is 1.34. The number of benzene rings is 2. The van der Waals surface area contributed by atoms with E-state index in [1.165, 1.54) is 35.3 Å². The average molecular weight is 412 g/mol. The molecule has 3 aromatic rings. The predicted molar refractivity (Wildman–Crippen MR) is 110 cm³/mol. The molecule has 0 radical (unpaired) electrons. The zero-order valence-electron chi connectivity index (χ0n) is 16.4. The number of rotatable bonds is 6. The Morgan fingerprint density at radius 3 is 2.62 bits per heavy atom. The van der Waals surface area contributed by atoms with Gasteiger partial charge in [0.1, 0.15) is 10.8 Å². The maximum atomic E-state index is 13.3. The van der Waals surface area contributed by atoms with Gasteiger partial charge in [0.05, 0.1) is 0 Å². The first kappa shape index (κ1) is 20.7.